The topological polar surface area (TPSA) is 38.9 Å². The monoisotopic (exact) mass is 204 g/mol. The first-order valence-corrected chi connectivity index (χ1v) is 5.33. The highest BCUT2D eigenvalue weighted by molar-refractivity contribution is 7.15. The quantitative estimate of drug-likeness (QED) is 0.816. The lowest BCUT2D eigenvalue weighted by atomic mass is 10.1. The average molecular weight is 204 g/mol. The Morgan fingerprint density at radius 1 is 1.29 bits per heavy atom. The van der Waals surface area contributed by atoms with Crippen molar-refractivity contribution in [2.75, 3.05) is 5.73 Å². The Hall–Kier alpha value is -1.35. The molecule has 2 nitrogen and oxygen atoms in total. The number of aryl methyl sites for hydroxylation is 1. The Labute approximate surface area is 87.4 Å². The number of hydrogen-bond donors (Lipinski definition) is 1. The second-order valence-corrected chi connectivity index (χ2v) is 4.45. The first kappa shape index (κ1) is 9.21. The van der Waals surface area contributed by atoms with Crippen molar-refractivity contribution in [3.63, 3.8) is 0 Å². The van der Waals surface area contributed by atoms with Gasteiger partial charge in [-0.1, -0.05) is 30.3 Å². The average Bonchev–Trinajstić information content (AvgIpc) is 2.47. The highest BCUT2D eigenvalue weighted by Gasteiger charge is 2.05. The molecule has 14 heavy (non-hydrogen) atoms. The molecule has 0 bridgehead atoms. The number of hydrogen-bond acceptors (Lipinski definition) is 3. The summed E-state index contributed by atoms with van der Waals surface area (Å²) in [5.74, 6) is 0. The SMILES string of the molecule is Cc1sc(N)nc1Cc1ccccc1. The zero-order valence-electron chi connectivity index (χ0n) is 8.03. The van der Waals surface area contributed by atoms with Gasteiger partial charge in [0.1, 0.15) is 0 Å². The van der Waals surface area contributed by atoms with Crippen molar-refractivity contribution in [1.29, 1.82) is 0 Å². The smallest absolute Gasteiger partial charge is 0.180 e. The maximum absolute atomic E-state index is 5.64. The highest BCUT2D eigenvalue weighted by Crippen LogP contribution is 2.21. The number of nitrogen functional groups attached to an aromatic ring is 1. The molecule has 0 atom stereocenters. The van der Waals surface area contributed by atoms with E-state index in [0.29, 0.717) is 5.13 Å². The molecular formula is C11H12N2S. The van der Waals surface area contributed by atoms with Crippen molar-refractivity contribution in [1.82, 2.24) is 4.98 Å². The van der Waals surface area contributed by atoms with Crippen molar-refractivity contribution >= 4 is 16.5 Å². The molecule has 0 radical (unpaired) electrons. The summed E-state index contributed by atoms with van der Waals surface area (Å²) in [6, 6.07) is 10.3. The van der Waals surface area contributed by atoms with Gasteiger partial charge in [0.05, 0.1) is 5.69 Å². The molecule has 1 aromatic carbocycles. The Kier molecular flexibility index (Phi) is 2.50. The third-order valence-electron chi connectivity index (χ3n) is 2.12. The lowest BCUT2D eigenvalue weighted by Gasteiger charge is -1.98. The molecule has 0 fully saturated rings. The van der Waals surface area contributed by atoms with Gasteiger partial charge in [0.2, 0.25) is 0 Å². The minimum Gasteiger partial charge on any atom is -0.375 e. The molecule has 0 unspecified atom stereocenters. The van der Waals surface area contributed by atoms with E-state index in [1.807, 2.05) is 18.2 Å². The fraction of sp³-hybridized carbons (Fsp3) is 0.182. The van der Waals surface area contributed by atoms with E-state index in [9.17, 15) is 0 Å². The van der Waals surface area contributed by atoms with Gasteiger partial charge in [-0.05, 0) is 12.5 Å². The third-order valence-corrected chi connectivity index (χ3v) is 2.97. The number of rotatable bonds is 2. The minimum absolute atomic E-state index is 0.661. The Morgan fingerprint density at radius 3 is 2.57 bits per heavy atom. The van der Waals surface area contributed by atoms with Crippen LogP contribution in [-0.2, 0) is 6.42 Å². The van der Waals surface area contributed by atoms with E-state index in [2.05, 4.69) is 24.0 Å². The van der Waals surface area contributed by atoms with Gasteiger partial charge in [-0.25, -0.2) is 4.98 Å². The van der Waals surface area contributed by atoms with Gasteiger partial charge in [0.15, 0.2) is 5.13 Å². The summed E-state index contributed by atoms with van der Waals surface area (Å²) in [5, 5.41) is 0.661. The van der Waals surface area contributed by atoms with Crippen LogP contribution >= 0.6 is 11.3 Å². The molecule has 2 rings (SSSR count). The Bertz CT molecular complexity index is 420. The molecular weight excluding hydrogens is 192 g/mol. The zero-order valence-corrected chi connectivity index (χ0v) is 8.84. The van der Waals surface area contributed by atoms with E-state index in [-0.39, 0.29) is 0 Å². The molecule has 1 aromatic heterocycles. The molecule has 3 heteroatoms. The standard InChI is InChI=1S/C11H12N2S/c1-8-10(13-11(12)14-8)7-9-5-3-2-4-6-9/h2-6H,7H2,1H3,(H2,12,13). The third kappa shape index (κ3) is 1.93. The lowest BCUT2D eigenvalue weighted by Crippen LogP contribution is -1.91. The predicted molar refractivity (Wildman–Crippen MR) is 60.5 cm³/mol. The molecule has 0 aliphatic heterocycles. The van der Waals surface area contributed by atoms with Crippen LogP contribution in [0.25, 0.3) is 0 Å². The van der Waals surface area contributed by atoms with Crippen LogP contribution in [0.2, 0.25) is 0 Å². The molecule has 0 saturated heterocycles. The number of benzene rings is 1. The molecule has 2 N–H and O–H groups in total. The molecule has 0 aliphatic rings. The van der Waals surface area contributed by atoms with Crippen LogP contribution in [0.3, 0.4) is 0 Å². The molecule has 0 spiro atoms. The predicted octanol–water partition coefficient (Wildman–Crippen LogP) is 2.62. The maximum Gasteiger partial charge on any atom is 0.180 e. The van der Waals surface area contributed by atoms with Crippen LogP contribution in [0.15, 0.2) is 30.3 Å². The normalized spacial score (nSPS) is 10.4. The number of aromatic nitrogens is 1. The maximum atomic E-state index is 5.64. The number of thiazole rings is 1. The minimum atomic E-state index is 0.661. The summed E-state index contributed by atoms with van der Waals surface area (Å²) in [6.07, 6.45) is 0.875. The molecule has 0 amide bonds. The summed E-state index contributed by atoms with van der Waals surface area (Å²) in [5.41, 5.74) is 8.02. The first-order chi connectivity index (χ1) is 6.75. The van der Waals surface area contributed by atoms with Gasteiger partial charge >= 0.3 is 0 Å². The summed E-state index contributed by atoms with van der Waals surface area (Å²) in [7, 11) is 0. The van der Waals surface area contributed by atoms with E-state index >= 15 is 0 Å². The molecule has 2 aromatic rings. The lowest BCUT2D eigenvalue weighted by molar-refractivity contribution is 1.09. The summed E-state index contributed by atoms with van der Waals surface area (Å²) in [4.78, 5) is 5.52. The summed E-state index contributed by atoms with van der Waals surface area (Å²) in [6.45, 7) is 2.06. The van der Waals surface area contributed by atoms with Gasteiger partial charge < -0.3 is 5.73 Å². The van der Waals surface area contributed by atoms with Gasteiger partial charge in [0.25, 0.3) is 0 Å². The van der Waals surface area contributed by atoms with Crippen LogP contribution in [0.5, 0.6) is 0 Å². The van der Waals surface area contributed by atoms with Crippen LogP contribution in [0.1, 0.15) is 16.1 Å². The highest BCUT2D eigenvalue weighted by atomic mass is 32.1. The largest absolute Gasteiger partial charge is 0.375 e. The van der Waals surface area contributed by atoms with Gasteiger partial charge in [-0.3, -0.25) is 0 Å². The van der Waals surface area contributed by atoms with Crippen LogP contribution in [-0.4, -0.2) is 4.98 Å². The van der Waals surface area contributed by atoms with E-state index in [1.54, 1.807) is 11.3 Å². The van der Waals surface area contributed by atoms with Crippen LogP contribution < -0.4 is 5.73 Å². The van der Waals surface area contributed by atoms with Crippen molar-refractivity contribution < 1.29 is 0 Å². The van der Waals surface area contributed by atoms with Gasteiger partial charge in [-0.2, -0.15) is 0 Å². The van der Waals surface area contributed by atoms with Crippen molar-refractivity contribution in [3.8, 4) is 0 Å². The summed E-state index contributed by atoms with van der Waals surface area (Å²) >= 11 is 1.56. The number of nitrogens with two attached hydrogens (primary N) is 1. The fourth-order valence-corrected chi connectivity index (χ4v) is 2.11. The summed E-state index contributed by atoms with van der Waals surface area (Å²) < 4.78 is 0. The second kappa shape index (κ2) is 3.80. The van der Waals surface area contributed by atoms with Crippen molar-refractivity contribution in [3.05, 3.63) is 46.5 Å². The van der Waals surface area contributed by atoms with Crippen molar-refractivity contribution in [2.45, 2.75) is 13.3 Å². The van der Waals surface area contributed by atoms with Crippen molar-refractivity contribution in [2.24, 2.45) is 0 Å². The van der Waals surface area contributed by atoms with E-state index in [0.717, 1.165) is 12.1 Å². The molecule has 0 aliphatic carbocycles. The van der Waals surface area contributed by atoms with Gasteiger partial charge in [-0.15, -0.1) is 11.3 Å². The first-order valence-electron chi connectivity index (χ1n) is 4.51. The fourth-order valence-electron chi connectivity index (χ4n) is 1.40. The molecule has 72 valence electrons. The molecule has 1 heterocycles. The zero-order chi connectivity index (χ0) is 9.97. The van der Waals surface area contributed by atoms with Gasteiger partial charge in [0, 0.05) is 11.3 Å². The second-order valence-electron chi connectivity index (χ2n) is 3.22. The number of anilines is 1. The van der Waals surface area contributed by atoms with E-state index < -0.39 is 0 Å². The van der Waals surface area contributed by atoms with Crippen LogP contribution in [0.4, 0.5) is 5.13 Å². The Balaban J connectivity index is 2.23. The van der Waals surface area contributed by atoms with E-state index in [1.165, 1.54) is 10.4 Å². The van der Waals surface area contributed by atoms with Crippen LogP contribution in [0, 0.1) is 6.92 Å². The molecule has 0 saturated carbocycles. The number of nitrogens with zero attached hydrogens (tertiary/aromatic N) is 1. The van der Waals surface area contributed by atoms with E-state index in [4.69, 9.17) is 5.73 Å². The Morgan fingerprint density at radius 2 is 2.00 bits per heavy atom.